The number of hydrogen-bond acceptors (Lipinski definition) is 3. The normalized spacial score (nSPS) is 14.2. The minimum Gasteiger partial charge on any atom is -0.352 e. The number of benzene rings is 2. The number of nitrogens with one attached hydrogen (secondary N) is 2. The molecule has 2 N–H and O–H groups in total. The highest BCUT2D eigenvalue weighted by atomic mass is 32.2. The van der Waals surface area contributed by atoms with E-state index in [0.29, 0.717) is 6.54 Å². The second kappa shape index (κ2) is 7.97. The Hall–Kier alpha value is -2.25. The van der Waals surface area contributed by atoms with Crippen LogP contribution >= 0.6 is 0 Å². The first-order chi connectivity index (χ1) is 12.5. The third-order valence-electron chi connectivity index (χ3n) is 4.15. The van der Waals surface area contributed by atoms with Gasteiger partial charge in [0, 0.05) is 18.2 Å². The van der Waals surface area contributed by atoms with E-state index >= 15 is 0 Å². The Morgan fingerprint density at radius 1 is 1.12 bits per heavy atom. The largest absolute Gasteiger partial charge is 0.352 e. The van der Waals surface area contributed by atoms with Crippen molar-refractivity contribution in [3.05, 3.63) is 65.5 Å². The third-order valence-corrected chi connectivity index (χ3v) is 5.69. The maximum atomic E-state index is 13.9. The molecule has 0 unspecified atom stereocenters. The molecule has 1 saturated carbocycles. The van der Waals surface area contributed by atoms with E-state index in [1.807, 2.05) is 30.3 Å². The second-order valence-corrected chi connectivity index (χ2v) is 8.07. The summed E-state index contributed by atoms with van der Waals surface area (Å²) in [6.07, 6.45) is 3.09. The van der Waals surface area contributed by atoms with Crippen LogP contribution in [0.1, 0.15) is 35.2 Å². The van der Waals surface area contributed by atoms with Crippen LogP contribution in [0.5, 0.6) is 0 Å². The fourth-order valence-electron chi connectivity index (χ4n) is 2.58. The zero-order valence-corrected chi connectivity index (χ0v) is 15.1. The van der Waals surface area contributed by atoms with Gasteiger partial charge in [-0.2, -0.15) is 0 Å². The maximum absolute atomic E-state index is 13.9. The van der Waals surface area contributed by atoms with Crippen LogP contribution in [0.3, 0.4) is 0 Å². The van der Waals surface area contributed by atoms with E-state index < -0.39 is 26.6 Å². The van der Waals surface area contributed by atoms with Gasteiger partial charge in [-0.05, 0) is 49.4 Å². The minimum absolute atomic E-state index is 0.127. The molecule has 1 aliphatic rings. The predicted molar refractivity (Wildman–Crippen MR) is 96.8 cm³/mol. The van der Waals surface area contributed by atoms with E-state index in [4.69, 9.17) is 0 Å². The Balaban J connectivity index is 1.59. The van der Waals surface area contributed by atoms with Crippen molar-refractivity contribution < 1.29 is 17.6 Å². The maximum Gasteiger partial charge on any atom is 0.251 e. The average Bonchev–Trinajstić information content (AvgIpc) is 3.43. The molecule has 0 aliphatic heterocycles. The Labute approximate surface area is 152 Å². The van der Waals surface area contributed by atoms with E-state index in [1.165, 1.54) is 11.6 Å². The van der Waals surface area contributed by atoms with Crippen molar-refractivity contribution in [2.75, 3.05) is 6.54 Å². The van der Waals surface area contributed by atoms with Crippen molar-refractivity contribution >= 4 is 15.9 Å². The summed E-state index contributed by atoms with van der Waals surface area (Å²) in [4.78, 5) is 11.7. The molecular formula is C19H21FN2O3S. The summed E-state index contributed by atoms with van der Waals surface area (Å²) in [5.74, 6) is -1.28. The smallest absolute Gasteiger partial charge is 0.251 e. The van der Waals surface area contributed by atoms with Gasteiger partial charge in [-0.25, -0.2) is 17.5 Å². The van der Waals surface area contributed by atoms with Crippen LogP contribution in [0.4, 0.5) is 4.39 Å². The topological polar surface area (TPSA) is 75.3 Å². The molecule has 3 rings (SSSR count). The van der Waals surface area contributed by atoms with Crippen molar-refractivity contribution in [2.45, 2.75) is 36.6 Å². The highest BCUT2D eigenvalue weighted by Gasteiger charge is 2.30. The van der Waals surface area contributed by atoms with Gasteiger partial charge in [-0.3, -0.25) is 4.79 Å². The number of hydrogen-bond donors (Lipinski definition) is 2. The van der Waals surface area contributed by atoms with Gasteiger partial charge in [0.25, 0.3) is 5.91 Å². The molecule has 0 atom stereocenters. The van der Waals surface area contributed by atoms with Crippen molar-refractivity contribution in [3.8, 4) is 0 Å². The molecule has 0 saturated heterocycles. The molecule has 0 heterocycles. The molecule has 138 valence electrons. The van der Waals surface area contributed by atoms with Gasteiger partial charge in [0.05, 0.1) is 0 Å². The summed E-state index contributed by atoms with van der Waals surface area (Å²) in [5, 5.41) is 2.74. The molecule has 5 nitrogen and oxygen atoms in total. The number of sulfonamides is 1. The molecule has 1 aliphatic carbocycles. The standard InChI is InChI=1S/C19H21FN2O3S/c20-17-11-8-15(13-18(17)26(24,25)22-16-9-10-16)19(23)21-12-4-7-14-5-2-1-3-6-14/h1-3,5-6,8,11,13,16,22H,4,7,9-10,12H2,(H,21,23). The van der Waals surface area contributed by atoms with E-state index in [0.717, 1.165) is 37.8 Å². The number of rotatable bonds is 8. The lowest BCUT2D eigenvalue weighted by molar-refractivity contribution is 0.0953. The van der Waals surface area contributed by atoms with E-state index in [2.05, 4.69) is 10.0 Å². The lowest BCUT2D eigenvalue weighted by Gasteiger charge is -2.09. The Morgan fingerprint density at radius 3 is 2.54 bits per heavy atom. The van der Waals surface area contributed by atoms with Gasteiger partial charge in [-0.15, -0.1) is 0 Å². The SMILES string of the molecule is O=C(NCCCc1ccccc1)c1ccc(F)c(S(=O)(=O)NC2CC2)c1. The molecule has 0 radical (unpaired) electrons. The highest BCUT2D eigenvalue weighted by molar-refractivity contribution is 7.89. The molecule has 7 heteroatoms. The van der Waals surface area contributed by atoms with Gasteiger partial charge < -0.3 is 5.32 Å². The number of amides is 1. The van der Waals surface area contributed by atoms with Crippen LogP contribution in [0.15, 0.2) is 53.4 Å². The van der Waals surface area contributed by atoms with Crippen molar-refractivity contribution in [1.82, 2.24) is 10.0 Å². The van der Waals surface area contributed by atoms with Gasteiger partial charge in [0.1, 0.15) is 10.7 Å². The molecule has 0 spiro atoms. The first-order valence-corrected chi connectivity index (χ1v) is 10.1. The fourth-order valence-corrected chi connectivity index (χ4v) is 3.98. The van der Waals surface area contributed by atoms with Crippen molar-refractivity contribution in [3.63, 3.8) is 0 Å². The number of carbonyl (C=O) groups excluding carboxylic acids is 1. The summed E-state index contributed by atoms with van der Waals surface area (Å²) in [6, 6.07) is 13.2. The summed E-state index contributed by atoms with van der Waals surface area (Å²) >= 11 is 0. The van der Waals surface area contributed by atoms with Crippen LogP contribution in [-0.4, -0.2) is 26.9 Å². The fraction of sp³-hybridized carbons (Fsp3) is 0.316. The predicted octanol–water partition coefficient (Wildman–Crippen LogP) is 2.63. The Morgan fingerprint density at radius 2 is 1.85 bits per heavy atom. The van der Waals surface area contributed by atoms with E-state index in [9.17, 15) is 17.6 Å². The lowest BCUT2D eigenvalue weighted by Crippen LogP contribution is -2.28. The first kappa shape index (κ1) is 18.5. The molecule has 1 amide bonds. The third kappa shape index (κ3) is 4.89. The molecule has 1 fully saturated rings. The molecule has 2 aromatic carbocycles. The number of halogens is 1. The first-order valence-electron chi connectivity index (χ1n) is 8.60. The summed E-state index contributed by atoms with van der Waals surface area (Å²) in [6.45, 7) is 0.452. The molecule has 26 heavy (non-hydrogen) atoms. The lowest BCUT2D eigenvalue weighted by atomic mass is 10.1. The van der Waals surface area contributed by atoms with Crippen molar-refractivity contribution in [2.24, 2.45) is 0 Å². The van der Waals surface area contributed by atoms with Crippen molar-refractivity contribution in [1.29, 1.82) is 0 Å². The molecule has 2 aromatic rings. The van der Waals surface area contributed by atoms with Crippen LogP contribution in [-0.2, 0) is 16.4 Å². The summed E-state index contributed by atoms with van der Waals surface area (Å²) in [7, 11) is -3.95. The summed E-state index contributed by atoms with van der Waals surface area (Å²) < 4.78 is 40.8. The quantitative estimate of drug-likeness (QED) is 0.696. The minimum atomic E-state index is -3.95. The molecule has 0 bridgehead atoms. The zero-order valence-electron chi connectivity index (χ0n) is 14.2. The van der Waals surface area contributed by atoms with Gasteiger partial charge in [0.15, 0.2) is 0 Å². The molecule has 0 aromatic heterocycles. The second-order valence-electron chi connectivity index (χ2n) is 6.39. The van der Waals surface area contributed by atoms with Gasteiger partial charge >= 0.3 is 0 Å². The summed E-state index contributed by atoms with van der Waals surface area (Å²) in [5.41, 5.74) is 1.31. The number of carbonyl (C=O) groups is 1. The average molecular weight is 376 g/mol. The number of aryl methyl sites for hydroxylation is 1. The Kier molecular flexibility index (Phi) is 5.68. The van der Waals surface area contributed by atoms with Crippen LogP contribution in [0.2, 0.25) is 0 Å². The van der Waals surface area contributed by atoms with E-state index in [1.54, 1.807) is 0 Å². The van der Waals surface area contributed by atoms with Crippen LogP contribution in [0.25, 0.3) is 0 Å². The monoisotopic (exact) mass is 376 g/mol. The van der Waals surface area contributed by atoms with Crippen LogP contribution in [0, 0.1) is 5.82 Å². The Bertz CT molecular complexity index is 881. The van der Waals surface area contributed by atoms with E-state index in [-0.39, 0.29) is 11.6 Å². The van der Waals surface area contributed by atoms with Gasteiger partial charge in [0.2, 0.25) is 10.0 Å². The zero-order chi connectivity index (χ0) is 18.6. The highest BCUT2D eigenvalue weighted by Crippen LogP contribution is 2.24. The van der Waals surface area contributed by atoms with Crippen LogP contribution < -0.4 is 10.0 Å². The van der Waals surface area contributed by atoms with Gasteiger partial charge in [-0.1, -0.05) is 30.3 Å². The molecular weight excluding hydrogens is 355 g/mol.